The van der Waals surface area contributed by atoms with Gasteiger partial charge < -0.3 is 20.3 Å². The predicted octanol–water partition coefficient (Wildman–Crippen LogP) is 4.40. The molecule has 0 aliphatic carbocycles. The number of carbonyl (C=O) groups excluding carboxylic acids is 1. The molecule has 2 amide bonds. The Balaban J connectivity index is 1.39. The van der Waals surface area contributed by atoms with Crippen molar-refractivity contribution in [3.8, 4) is 17.0 Å². The Morgan fingerprint density at radius 3 is 2.38 bits per heavy atom. The van der Waals surface area contributed by atoms with Crippen LogP contribution in [-0.4, -0.2) is 36.4 Å². The molecule has 29 heavy (non-hydrogen) atoms. The summed E-state index contributed by atoms with van der Waals surface area (Å²) in [6.07, 6.45) is 2.42. The van der Waals surface area contributed by atoms with Gasteiger partial charge in [0.05, 0.1) is 18.5 Å². The molecular formula is C22H23N5O2. The van der Waals surface area contributed by atoms with Crippen molar-refractivity contribution in [2.24, 2.45) is 0 Å². The van der Waals surface area contributed by atoms with Gasteiger partial charge in [-0.1, -0.05) is 24.3 Å². The Kier molecular flexibility index (Phi) is 5.56. The van der Waals surface area contributed by atoms with Crippen LogP contribution >= 0.6 is 0 Å². The van der Waals surface area contributed by atoms with Crippen molar-refractivity contribution in [1.82, 2.24) is 10.2 Å². The van der Waals surface area contributed by atoms with Gasteiger partial charge in [0, 0.05) is 24.3 Å². The normalized spacial score (nSPS) is 13.2. The van der Waals surface area contributed by atoms with Crippen LogP contribution in [0.25, 0.3) is 11.3 Å². The predicted molar refractivity (Wildman–Crippen MR) is 115 cm³/mol. The summed E-state index contributed by atoms with van der Waals surface area (Å²) < 4.78 is 5.24. The van der Waals surface area contributed by atoms with E-state index in [9.17, 15) is 4.79 Å². The van der Waals surface area contributed by atoms with E-state index in [1.54, 1.807) is 19.2 Å². The topological polar surface area (TPSA) is 79.4 Å². The van der Waals surface area contributed by atoms with E-state index >= 15 is 0 Å². The van der Waals surface area contributed by atoms with Gasteiger partial charge in [-0.25, -0.2) is 4.79 Å². The molecule has 7 nitrogen and oxygen atoms in total. The molecule has 0 unspecified atom stereocenters. The highest BCUT2D eigenvalue weighted by Gasteiger charge is 2.14. The van der Waals surface area contributed by atoms with E-state index in [4.69, 9.17) is 4.74 Å². The molecule has 3 aromatic rings. The number of para-hydroxylation sites is 2. The first kappa shape index (κ1) is 18.7. The molecule has 148 valence electrons. The zero-order valence-corrected chi connectivity index (χ0v) is 16.3. The Morgan fingerprint density at radius 1 is 0.931 bits per heavy atom. The number of carbonyl (C=O) groups is 1. The van der Waals surface area contributed by atoms with Crippen molar-refractivity contribution in [3.63, 3.8) is 0 Å². The molecule has 1 aliphatic rings. The highest BCUT2D eigenvalue weighted by atomic mass is 16.5. The summed E-state index contributed by atoms with van der Waals surface area (Å²) in [5.74, 6) is 1.53. The Bertz CT molecular complexity index is 967. The van der Waals surface area contributed by atoms with Gasteiger partial charge in [0.1, 0.15) is 5.75 Å². The summed E-state index contributed by atoms with van der Waals surface area (Å²) >= 11 is 0. The van der Waals surface area contributed by atoms with Gasteiger partial charge in [-0.05, 0) is 49.2 Å². The van der Waals surface area contributed by atoms with Gasteiger partial charge >= 0.3 is 6.03 Å². The van der Waals surface area contributed by atoms with Crippen LogP contribution in [0.1, 0.15) is 12.8 Å². The minimum absolute atomic E-state index is 0.336. The van der Waals surface area contributed by atoms with E-state index in [2.05, 4.69) is 25.7 Å². The molecule has 0 radical (unpaired) electrons. The van der Waals surface area contributed by atoms with Crippen molar-refractivity contribution in [3.05, 3.63) is 60.7 Å². The quantitative estimate of drug-likeness (QED) is 0.676. The van der Waals surface area contributed by atoms with Crippen molar-refractivity contribution >= 4 is 23.2 Å². The smallest absolute Gasteiger partial charge is 0.323 e. The highest BCUT2D eigenvalue weighted by molar-refractivity contribution is 6.00. The highest BCUT2D eigenvalue weighted by Crippen LogP contribution is 2.24. The van der Waals surface area contributed by atoms with Gasteiger partial charge in [0.2, 0.25) is 0 Å². The zero-order chi connectivity index (χ0) is 20.1. The Hall–Kier alpha value is -3.61. The fourth-order valence-corrected chi connectivity index (χ4v) is 3.35. The first-order valence-corrected chi connectivity index (χ1v) is 9.63. The number of nitrogens with one attached hydrogen (secondary N) is 2. The Labute approximate surface area is 169 Å². The SMILES string of the molecule is COc1ccccc1NC(=O)Nc1ccc(-c2ccc(N3CCCC3)nn2)cc1. The second-order valence-corrected chi connectivity index (χ2v) is 6.83. The van der Waals surface area contributed by atoms with Crippen LogP contribution in [-0.2, 0) is 0 Å². The van der Waals surface area contributed by atoms with Gasteiger partial charge in [-0.15, -0.1) is 10.2 Å². The van der Waals surface area contributed by atoms with E-state index in [1.807, 2.05) is 48.5 Å². The van der Waals surface area contributed by atoms with Gasteiger partial charge in [0.15, 0.2) is 5.82 Å². The standard InChI is InChI=1S/C22H23N5O2/c1-29-20-7-3-2-6-19(20)24-22(28)23-17-10-8-16(9-11-17)18-12-13-21(26-25-18)27-14-4-5-15-27/h2-3,6-13H,4-5,14-15H2,1H3,(H2,23,24,28). The fraction of sp³-hybridized carbons (Fsp3) is 0.227. The molecule has 1 fully saturated rings. The van der Waals surface area contributed by atoms with E-state index < -0.39 is 0 Å². The van der Waals surface area contributed by atoms with Gasteiger partial charge in [0.25, 0.3) is 0 Å². The number of methoxy groups -OCH3 is 1. The van der Waals surface area contributed by atoms with Crippen molar-refractivity contribution in [2.75, 3.05) is 35.7 Å². The second kappa shape index (κ2) is 8.60. The first-order valence-electron chi connectivity index (χ1n) is 9.63. The lowest BCUT2D eigenvalue weighted by Crippen LogP contribution is -2.19. The van der Waals surface area contributed by atoms with Crippen molar-refractivity contribution in [1.29, 1.82) is 0 Å². The summed E-state index contributed by atoms with van der Waals surface area (Å²) in [5, 5.41) is 14.3. The molecule has 4 rings (SSSR count). The van der Waals surface area contributed by atoms with E-state index in [0.29, 0.717) is 17.1 Å². The van der Waals surface area contributed by atoms with Crippen LogP contribution in [0, 0.1) is 0 Å². The maximum atomic E-state index is 12.3. The molecule has 0 saturated carbocycles. The first-order chi connectivity index (χ1) is 14.2. The number of amides is 2. The number of urea groups is 1. The summed E-state index contributed by atoms with van der Waals surface area (Å²) in [7, 11) is 1.57. The van der Waals surface area contributed by atoms with Gasteiger partial charge in [-0.2, -0.15) is 0 Å². The average Bonchev–Trinajstić information content (AvgIpc) is 3.30. The van der Waals surface area contributed by atoms with Crippen LogP contribution in [0.4, 0.5) is 22.0 Å². The molecule has 1 saturated heterocycles. The molecule has 0 spiro atoms. The molecular weight excluding hydrogens is 366 g/mol. The third kappa shape index (κ3) is 4.45. The van der Waals surface area contributed by atoms with E-state index in [1.165, 1.54) is 12.8 Å². The van der Waals surface area contributed by atoms with Crippen LogP contribution in [0.3, 0.4) is 0 Å². The minimum Gasteiger partial charge on any atom is -0.495 e. The van der Waals surface area contributed by atoms with Crippen molar-refractivity contribution in [2.45, 2.75) is 12.8 Å². The largest absolute Gasteiger partial charge is 0.495 e. The van der Waals surface area contributed by atoms with Crippen LogP contribution in [0.2, 0.25) is 0 Å². The number of ether oxygens (including phenoxy) is 1. The zero-order valence-electron chi connectivity index (χ0n) is 16.3. The third-order valence-corrected chi connectivity index (χ3v) is 4.87. The fourth-order valence-electron chi connectivity index (χ4n) is 3.35. The summed E-state index contributed by atoms with van der Waals surface area (Å²) in [5.41, 5.74) is 3.04. The maximum Gasteiger partial charge on any atom is 0.323 e. The van der Waals surface area contributed by atoms with E-state index in [-0.39, 0.29) is 6.03 Å². The third-order valence-electron chi connectivity index (χ3n) is 4.87. The number of aromatic nitrogens is 2. The summed E-state index contributed by atoms with van der Waals surface area (Å²) in [4.78, 5) is 14.5. The lowest BCUT2D eigenvalue weighted by atomic mass is 10.1. The van der Waals surface area contributed by atoms with Crippen LogP contribution in [0.15, 0.2) is 60.7 Å². The summed E-state index contributed by atoms with van der Waals surface area (Å²) in [6, 6.07) is 18.4. The number of hydrogen-bond donors (Lipinski definition) is 2. The molecule has 0 bridgehead atoms. The molecule has 1 aromatic heterocycles. The Morgan fingerprint density at radius 2 is 1.69 bits per heavy atom. The second-order valence-electron chi connectivity index (χ2n) is 6.83. The molecule has 2 aromatic carbocycles. The molecule has 1 aliphatic heterocycles. The van der Waals surface area contributed by atoms with Crippen molar-refractivity contribution < 1.29 is 9.53 Å². The van der Waals surface area contributed by atoms with Gasteiger partial charge in [-0.3, -0.25) is 0 Å². The number of anilines is 3. The number of nitrogens with zero attached hydrogens (tertiary/aromatic N) is 3. The van der Waals surface area contributed by atoms with Crippen LogP contribution in [0.5, 0.6) is 5.75 Å². The summed E-state index contributed by atoms with van der Waals surface area (Å²) in [6.45, 7) is 2.09. The maximum absolute atomic E-state index is 12.3. The monoisotopic (exact) mass is 389 g/mol. The lowest BCUT2D eigenvalue weighted by Gasteiger charge is -2.15. The average molecular weight is 389 g/mol. The van der Waals surface area contributed by atoms with E-state index in [0.717, 1.165) is 30.2 Å². The lowest BCUT2D eigenvalue weighted by molar-refractivity contribution is 0.262. The number of rotatable bonds is 5. The number of hydrogen-bond acceptors (Lipinski definition) is 5. The molecule has 7 heteroatoms. The minimum atomic E-state index is -0.336. The molecule has 2 heterocycles. The number of benzene rings is 2. The molecule has 0 atom stereocenters. The van der Waals surface area contributed by atoms with Crippen LogP contribution < -0.4 is 20.3 Å². The molecule has 2 N–H and O–H groups in total.